The average molecular weight is 283 g/mol. The van der Waals surface area contributed by atoms with Crippen molar-refractivity contribution in [2.24, 2.45) is 0 Å². The van der Waals surface area contributed by atoms with Crippen LogP contribution in [0.1, 0.15) is 19.8 Å². The van der Waals surface area contributed by atoms with Gasteiger partial charge in [0.05, 0.1) is 16.0 Å². The van der Waals surface area contributed by atoms with Gasteiger partial charge in [-0.15, -0.1) is 11.6 Å². The second kappa shape index (κ2) is 5.88. The minimum absolute atomic E-state index is 0.0536. The number of hydrogen-bond acceptors (Lipinski definition) is 4. The number of alkyl halides is 1. The molecule has 2 rings (SSSR count). The fraction of sp³-hybridized carbons (Fsp3) is 0.417. The molecule has 1 aromatic carbocycles. The summed E-state index contributed by atoms with van der Waals surface area (Å²) in [5.74, 6) is 1.26. The SMILES string of the molecule is CC(CCCCl)Nc1nc2ccc([N+](=O)[O-])cc2[nH]1. The Labute approximate surface area is 115 Å². The summed E-state index contributed by atoms with van der Waals surface area (Å²) in [5.41, 5.74) is 1.41. The number of imidazole rings is 1. The summed E-state index contributed by atoms with van der Waals surface area (Å²) in [4.78, 5) is 17.6. The Balaban J connectivity index is 2.15. The first-order valence-corrected chi connectivity index (χ1v) is 6.60. The van der Waals surface area contributed by atoms with E-state index in [1.54, 1.807) is 6.07 Å². The number of nitrogens with one attached hydrogen (secondary N) is 2. The van der Waals surface area contributed by atoms with Crippen molar-refractivity contribution in [1.29, 1.82) is 0 Å². The molecule has 0 saturated carbocycles. The van der Waals surface area contributed by atoms with E-state index in [1.165, 1.54) is 12.1 Å². The van der Waals surface area contributed by atoms with Crippen molar-refractivity contribution < 1.29 is 4.92 Å². The fourth-order valence-corrected chi connectivity index (χ4v) is 2.02. The van der Waals surface area contributed by atoms with Crippen molar-refractivity contribution in [2.75, 3.05) is 11.2 Å². The lowest BCUT2D eigenvalue weighted by Gasteiger charge is -2.11. The van der Waals surface area contributed by atoms with Crippen LogP contribution < -0.4 is 5.32 Å². The van der Waals surface area contributed by atoms with E-state index in [0.29, 0.717) is 22.9 Å². The largest absolute Gasteiger partial charge is 0.353 e. The van der Waals surface area contributed by atoms with Gasteiger partial charge in [-0.3, -0.25) is 10.1 Å². The summed E-state index contributed by atoms with van der Waals surface area (Å²) in [6, 6.07) is 4.81. The van der Waals surface area contributed by atoms with E-state index in [9.17, 15) is 10.1 Å². The molecule has 0 saturated heterocycles. The highest BCUT2D eigenvalue weighted by atomic mass is 35.5. The number of rotatable bonds is 6. The first kappa shape index (κ1) is 13.6. The molecule has 2 N–H and O–H groups in total. The Kier molecular flexibility index (Phi) is 4.21. The second-order valence-electron chi connectivity index (χ2n) is 4.42. The molecule has 0 amide bonds. The van der Waals surface area contributed by atoms with E-state index < -0.39 is 4.92 Å². The normalized spacial score (nSPS) is 12.5. The summed E-state index contributed by atoms with van der Waals surface area (Å²) in [7, 11) is 0. The molecule has 0 radical (unpaired) electrons. The number of anilines is 1. The third-order valence-electron chi connectivity index (χ3n) is 2.83. The Morgan fingerprint density at radius 3 is 3.05 bits per heavy atom. The van der Waals surface area contributed by atoms with Crippen LogP contribution in [-0.2, 0) is 0 Å². The van der Waals surface area contributed by atoms with Gasteiger partial charge in [-0.1, -0.05) is 0 Å². The number of benzene rings is 1. The molecule has 19 heavy (non-hydrogen) atoms. The van der Waals surface area contributed by atoms with Crippen molar-refractivity contribution in [3.8, 4) is 0 Å². The fourth-order valence-electron chi connectivity index (χ4n) is 1.87. The molecule has 0 bridgehead atoms. The van der Waals surface area contributed by atoms with Gasteiger partial charge in [-0.2, -0.15) is 0 Å². The van der Waals surface area contributed by atoms with Crippen molar-refractivity contribution in [1.82, 2.24) is 9.97 Å². The highest BCUT2D eigenvalue weighted by molar-refractivity contribution is 6.17. The number of halogens is 1. The van der Waals surface area contributed by atoms with Crippen LogP contribution in [0, 0.1) is 10.1 Å². The van der Waals surface area contributed by atoms with Crippen LogP contribution in [0.4, 0.5) is 11.6 Å². The summed E-state index contributed by atoms with van der Waals surface area (Å²) in [5, 5.41) is 13.9. The number of aromatic amines is 1. The molecule has 1 atom stereocenters. The van der Waals surface area contributed by atoms with E-state index in [-0.39, 0.29) is 11.7 Å². The molecule has 0 aliphatic heterocycles. The molecule has 0 fully saturated rings. The van der Waals surface area contributed by atoms with Gasteiger partial charge in [0.15, 0.2) is 0 Å². The highest BCUT2D eigenvalue weighted by Crippen LogP contribution is 2.21. The lowest BCUT2D eigenvalue weighted by atomic mass is 10.2. The first-order valence-electron chi connectivity index (χ1n) is 6.07. The van der Waals surface area contributed by atoms with E-state index in [0.717, 1.165) is 12.8 Å². The standard InChI is InChI=1S/C12H15ClN4O2/c1-8(3-2-6-13)14-12-15-10-5-4-9(17(18)19)7-11(10)16-12/h4-5,7-8H,2-3,6H2,1H3,(H2,14,15,16). The van der Waals surface area contributed by atoms with Gasteiger partial charge in [0.1, 0.15) is 0 Å². The van der Waals surface area contributed by atoms with Crippen LogP contribution in [0.5, 0.6) is 0 Å². The third kappa shape index (κ3) is 3.35. The number of nitro groups is 1. The van der Waals surface area contributed by atoms with Crippen LogP contribution >= 0.6 is 11.6 Å². The molecule has 7 heteroatoms. The zero-order chi connectivity index (χ0) is 13.8. The average Bonchev–Trinajstić information content (AvgIpc) is 2.77. The molecule has 102 valence electrons. The third-order valence-corrected chi connectivity index (χ3v) is 3.10. The Bertz CT molecular complexity index is 584. The molecule has 1 unspecified atom stereocenters. The predicted octanol–water partition coefficient (Wildman–Crippen LogP) is 3.29. The zero-order valence-electron chi connectivity index (χ0n) is 10.5. The molecular formula is C12H15ClN4O2. The molecule has 6 nitrogen and oxygen atoms in total. The van der Waals surface area contributed by atoms with Gasteiger partial charge >= 0.3 is 0 Å². The topological polar surface area (TPSA) is 83.8 Å². The van der Waals surface area contributed by atoms with Crippen LogP contribution in [0.25, 0.3) is 11.0 Å². The molecule has 1 heterocycles. The Morgan fingerprint density at radius 2 is 2.37 bits per heavy atom. The molecule has 1 aromatic heterocycles. The summed E-state index contributed by atoms with van der Waals surface area (Å²) in [6.45, 7) is 2.04. The number of nitrogens with zero attached hydrogens (tertiary/aromatic N) is 2. The highest BCUT2D eigenvalue weighted by Gasteiger charge is 2.10. The zero-order valence-corrected chi connectivity index (χ0v) is 11.3. The molecule has 0 spiro atoms. The molecule has 2 aromatic rings. The second-order valence-corrected chi connectivity index (χ2v) is 4.80. The van der Waals surface area contributed by atoms with Crippen LogP contribution in [0.2, 0.25) is 0 Å². The smallest absolute Gasteiger partial charge is 0.271 e. The van der Waals surface area contributed by atoms with Gasteiger partial charge in [0.25, 0.3) is 5.69 Å². The maximum Gasteiger partial charge on any atom is 0.271 e. The quantitative estimate of drug-likeness (QED) is 0.484. The maximum atomic E-state index is 10.7. The predicted molar refractivity (Wildman–Crippen MR) is 75.8 cm³/mol. The maximum absolute atomic E-state index is 10.7. The van der Waals surface area contributed by atoms with E-state index in [1.807, 2.05) is 6.92 Å². The molecule has 0 aliphatic carbocycles. The van der Waals surface area contributed by atoms with E-state index in [4.69, 9.17) is 11.6 Å². The van der Waals surface area contributed by atoms with Crippen molar-refractivity contribution in [3.05, 3.63) is 28.3 Å². The lowest BCUT2D eigenvalue weighted by Crippen LogP contribution is -2.15. The van der Waals surface area contributed by atoms with Crippen molar-refractivity contribution >= 4 is 34.3 Å². The van der Waals surface area contributed by atoms with Crippen LogP contribution in [0.15, 0.2) is 18.2 Å². The summed E-state index contributed by atoms with van der Waals surface area (Å²) in [6.07, 6.45) is 1.88. The van der Waals surface area contributed by atoms with Crippen molar-refractivity contribution in [2.45, 2.75) is 25.8 Å². The number of hydrogen-bond donors (Lipinski definition) is 2. The van der Waals surface area contributed by atoms with Gasteiger partial charge in [-0.25, -0.2) is 4.98 Å². The number of fused-ring (bicyclic) bond motifs is 1. The number of aromatic nitrogens is 2. The number of non-ortho nitro benzene ring substituents is 1. The number of H-pyrrole nitrogens is 1. The minimum atomic E-state index is -0.420. The van der Waals surface area contributed by atoms with Gasteiger partial charge in [0, 0.05) is 24.1 Å². The first-order chi connectivity index (χ1) is 9.10. The Hall–Kier alpha value is -1.82. The van der Waals surface area contributed by atoms with Gasteiger partial charge in [-0.05, 0) is 25.8 Å². The van der Waals surface area contributed by atoms with E-state index in [2.05, 4.69) is 15.3 Å². The van der Waals surface area contributed by atoms with E-state index >= 15 is 0 Å². The van der Waals surface area contributed by atoms with Gasteiger partial charge < -0.3 is 10.3 Å². The lowest BCUT2D eigenvalue weighted by molar-refractivity contribution is -0.384. The van der Waals surface area contributed by atoms with Crippen molar-refractivity contribution in [3.63, 3.8) is 0 Å². The summed E-state index contributed by atoms with van der Waals surface area (Å²) >= 11 is 5.64. The van der Waals surface area contributed by atoms with Crippen LogP contribution in [0.3, 0.4) is 0 Å². The number of nitro benzene ring substituents is 1. The van der Waals surface area contributed by atoms with Crippen LogP contribution in [-0.4, -0.2) is 26.8 Å². The molecule has 0 aliphatic rings. The minimum Gasteiger partial charge on any atom is -0.353 e. The van der Waals surface area contributed by atoms with Gasteiger partial charge in [0.2, 0.25) is 5.95 Å². The monoisotopic (exact) mass is 282 g/mol. The molecular weight excluding hydrogens is 268 g/mol. The summed E-state index contributed by atoms with van der Waals surface area (Å²) < 4.78 is 0. The Morgan fingerprint density at radius 1 is 1.58 bits per heavy atom.